The van der Waals surface area contributed by atoms with Gasteiger partial charge in [0.25, 0.3) is 0 Å². The largest absolute Gasteiger partial charge is 0.304 e. The second-order valence-electron chi connectivity index (χ2n) is 9.10. The summed E-state index contributed by atoms with van der Waals surface area (Å²) in [4.78, 5) is 0. The van der Waals surface area contributed by atoms with Crippen molar-refractivity contribution >= 4 is 5.69 Å². The number of nitrogens with two attached hydrogens (primary N) is 1. The fourth-order valence-corrected chi connectivity index (χ4v) is 5.25. The molecule has 1 saturated carbocycles. The van der Waals surface area contributed by atoms with Crippen LogP contribution in [0.4, 0.5) is 5.69 Å². The second kappa shape index (κ2) is 5.35. The van der Waals surface area contributed by atoms with Crippen molar-refractivity contribution < 1.29 is 0 Å². The minimum atomic E-state index is -0.0640. The lowest BCUT2D eigenvalue weighted by Gasteiger charge is -2.50. The lowest BCUT2D eigenvalue weighted by atomic mass is 9.57. The Balaban J connectivity index is 2.03. The number of hydrazine groups is 1. The first-order chi connectivity index (χ1) is 11.8. The molecule has 1 heterocycles. The van der Waals surface area contributed by atoms with E-state index >= 15 is 0 Å². The Morgan fingerprint density at radius 3 is 2.32 bits per heavy atom. The predicted molar refractivity (Wildman–Crippen MR) is 106 cm³/mol. The van der Waals surface area contributed by atoms with E-state index in [2.05, 4.69) is 81.2 Å². The Hall–Kier alpha value is -1.80. The number of benzene rings is 2. The third kappa shape index (κ3) is 2.13. The van der Waals surface area contributed by atoms with Crippen molar-refractivity contribution in [3.8, 4) is 0 Å². The van der Waals surface area contributed by atoms with Gasteiger partial charge in [0.1, 0.15) is 0 Å². The Kier molecular flexibility index (Phi) is 3.56. The van der Waals surface area contributed by atoms with Gasteiger partial charge >= 0.3 is 0 Å². The minimum absolute atomic E-state index is 0.0160. The van der Waals surface area contributed by atoms with Gasteiger partial charge in [-0.25, -0.2) is 5.84 Å². The monoisotopic (exact) mass is 334 g/mol. The summed E-state index contributed by atoms with van der Waals surface area (Å²) in [5.74, 6) is 6.75. The van der Waals surface area contributed by atoms with Crippen molar-refractivity contribution in [2.75, 3.05) is 5.01 Å². The highest BCUT2D eigenvalue weighted by Gasteiger charge is 2.60. The summed E-state index contributed by atoms with van der Waals surface area (Å²) < 4.78 is 0. The summed E-state index contributed by atoms with van der Waals surface area (Å²) in [5, 5.41) is 2.08. The number of nitrogens with zero attached hydrogens (tertiary/aromatic N) is 1. The fraction of sp³-hybridized carbons (Fsp3) is 0.478. The first-order valence-electron chi connectivity index (χ1n) is 9.56. The summed E-state index contributed by atoms with van der Waals surface area (Å²) in [6, 6.07) is 18.0. The van der Waals surface area contributed by atoms with Crippen LogP contribution in [0.5, 0.6) is 0 Å². The van der Waals surface area contributed by atoms with Crippen LogP contribution in [-0.2, 0) is 10.8 Å². The number of anilines is 1. The molecule has 2 nitrogen and oxygen atoms in total. The van der Waals surface area contributed by atoms with E-state index in [1.807, 2.05) is 0 Å². The van der Waals surface area contributed by atoms with Crippen molar-refractivity contribution in [3.63, 3.8) is 0 Å². The quantitative estimate of drug-likeness (QED) is 0.717. The van der Waals surface area contributed by atoms with E-state index in [-0.39, 0.29) is 16.4 Å². The molecule has 1 aliphatic heterocycles. The predicted octanol–water partition coefficient (Wildman–Crippen LogP) is 5.30. The van der Waals surface area contributed by atoms with E-state index in [4.69, 9.17) is 5.84 Å². The molecule has 132 valence electrons. The molecule has 2 heteroatoms. The Bertz CT molecular complexity index is 789. The first kappa shape index (κ1) is 16.7. The molecule has 0 amide bonds. The van der Waals surface area contributed by atoms with Gasteiger partial charge in [-0.2, -0.15) is 0 Å². The molecule has 1 aliphatic carbocycles. The normalized spacial score (nSPS) is 28.6. The number of fused-ring (bicyclic) bond motifs is 3. The molecule has 0 spiro atoms. The smallest absolute Gasteiger partial charge is 0.0670 e. The molecule has 2 aromatic rings. The van der Waals surface area contributed by atoms with Gasteiger partial charge in [0.15, 0.2) is 0 Å². The number of hydrogen-bond donors (Lipinski definition) is 1. The molecule has 1 fully saturated rings. The molecule has 2 N–H and O–H groups in total. The van der Waals surface area contributed by atoms with E-state index in [0.29, 0.717) is 0 Å². The molecule has 2 aliphatic rings. The van der Waals surface area contributed by atoms with Crippen LogP contribution in [0.2, 0.25) is 0 Å². The maximum absolute atomic E-state index is 6.75. The third-order valence-corrected chi connectivity index (χ3v) is 6.76. The molecule has 2 atom stereocenters. The van der Waals surface area contributed by atoms with Gasteiger partial charge in [0.05, 0.1) is 11.2 Å². The zero-order valence-electron chi connectivity index (χ0n) is 16.0. The van der Waals surface area contributed by atoms with E-state index in [1.54, 1.807) is 0 Å². The molecule has 4 rings (SSSR count). The van der Waals surface area contributed by atoms with Gasteiger partial charge in [-0.15, -0.1) is 0 Å². The molecular weight excluding hydrogens is 304 g/mol. The Labute approximate surface area is 152 Å². The topological polar surface area (TPSA) is 29.3 Å². The zero-order chi connectivity index (χ0) is 17.9. The van der Waals surface area contributed by atoms with Crippen molar-refractivity contribution in [1.82, 2.24) is 0 Å². The number of hydrogen-bond acceptors (Lipinski definition) is 2. The van der Waals surface area contributed by atoms with Crippen molar-refractivity contribution in [2.45, 2.75) is 69.7 Å². The fourth-order valence-electron chi connectivity index (χ4n) is 5.25. The van der Waals surface area contributed by atoms with E-state index in [1.165, 1.54) is 41.6 Å². The molecule has 2 aromatic carbocycles. The van der Waals surface area contributed by atoms with Gasteiger partial charge in [-0.3, -0.25) is 0 Å². The SMILES string of the molecule is CC(C)(C)c1ccc2c(c1)C1(c3ccccc3)CCCCC1(C)N2N. The molecule has 0 radical (unpaired) electrons. The average Bonchev–Trinajstić information content (AvgIpc) is 2.80. The standard InChI is InChI=1S/C23H30N2/c1-21(2,3)18-12-13-20-19(16-18)23(17-10-6-5-7-11-17)15-9-8-14-22(23,4)25(20)24/h5-7,10-13,16H,8-9,14-15,24H2,1-4H3. The minimum Gasteiger partial charge on any atom is -0.304 e. The van der Waals surface area contributed by atoms with Crippen LogP contribution in [0.15, 0.2) is 48.5 Å². The molecule has 0 aromatic heterocycles. The molecule has 25 heavy (non-hydrogen) atoms. The summed E-state index contributed by atoms with van der Waals surface area (Å²) in [6.45, 7) is 9.24. The summed E-state index contributed by atoms with van der Waals surface area (Å²) in [7, 11) is 0. The summed E-state index contributed by atoms with van der Waals surface area (Å²) >= 11 is 0. The van der Waals surface area contributed by atoms with Crippen LogP contribution in [0, 0.1) is 0 Å². The highest BCUT2D eigenvalue weighted by atomic mass is 15.5. The average molecular weight is 335 g/mol. The van der Waals surface area contributed by atoms with Crippen LogP contribution in [-0.4, -0.2) is 5.54 Å². The number of rotatable bonds is 1. The van der Waals surface area contributed by atoms with Gasteiger partial charge in [0, 0.05) is 5.41 Å². The Morgan fingerprint density at radius 1 is 0.960 bits per heavy atom. The zero-order valence-corrected chi connectivity index (χ0v) is 16.0. The lowest BCUT2D eigenvalue weighted by molar-refractivity contribution is 0.203. The van der Waals surface area contributed by atoms with E-state index < -0.39 is 0 Å². The van der Waals surface area contributed by atoms with Gasteiger partial charge < -0.3 is 5.01 Å². The van der Waals surface area contributed by atoms with Gasteiger partial charge in [-0.1, -0.05) is 76.1 Å². The first-order valence-corrected chi connectivity index (χ1v) is 9.56. The van der Waals surface area contributed by atoms with Gasteiger partial charge in [0.2, 0.25) is 0 Å². The highest BCUT2D eigenvalue weighted by molar-refractivity contribution is 5.71. The maximum Gasteiger partial charge on any atom is 0.0670 e. The van der Waals surface area contributed by atoms with Crippen LogP contribution >= 0.6 is 0 Å². The Morgan fingerprint density at radius 2 is 1.64 bits per heavy atom. The molecule has 2 unspecified atom stereocenters. The van der Waals surface area contributed by atoms with Crippen LogP contribution < -0.4 is 10.9 Å². The third-order valence-electron chi connectivity index (χ3n) is 6.76. The van der Waals surface area contributed by atoms with Crippen molar-refractivity contribution in [2.24, 2.45) is 5.84 Å². The lowest BCUT2D eigenvalue weighted by Crippen LogP contribution is -2.60. The molecule has 0 saturated heterocycles. The molecule has 0 bridgehead atoms. The maximum atomic E-state index is 6.75. The molecular formula is C23H30N2. The van der Waals surface area contributed by atoms with Crippen LogP contribution in [0.1, 0.15) is 70.1 Å². The van der Waals surface area contributed by atoms with Crippen LogP contribution in [0.3, 0.4) is 0 Å². The van der Waals surface area contributed by atoms with Crippen molar-refractivity contribution in [1.29, 1.82) is 0 Å². The summed E-state index contributed by atoms with van der Waals surface area (Å²) in [5.41, 5.74) is 5.50. The van der Waals surface area contributed by atoms with Gasteiger partial charge in [-0.05, 0) is 47.9 Å². The highest BCUT2D eigenvalue weighted by Crippen LogP contribution is 2.60. The van der Waals surface area contributed by atoms with E-state index in [9.17, 15) is 0 Å². The van der Waals surface area contributed by atoms with E-state index in [0.717, 1.165) is 6.42 Å². The summed E-state index contributed by atoms with van der Waals surface area (Å²) in [6.07, 6.45) is 4.82. The van der Waals surface area contributed by atoms with Crippen LogP contribution in [0.25, 0.3) is 0 Å². The second-order valence-corrected chi connectivity index (χ2v) is 9.10. The van der Waals surface area contributed by atoms with Crippen molar-refractivity contribution in [3.05, 3.63) is 65.2 Å².